The van der Waals surface area contributed by atoms with Crippen LogP contribution >= 0.6 is 11.6 Å². The molecule has 100 valence electrons. The molecule has 1 heterocycles. The van der Waals surface area contributed by atoms with Gasteiger partial charge in [0.15, 0.2) is 5.82 Å². The number of carbonyl (C=O) groups is 1. The number of nitrogens with one attached hydrogen (secondary N) is 1. The van der Waals surface area contributed by atoms with Crippen molar-refractivity contribution in [3.05, 3.63) is 34.9 Å². The zero-order valence-corrected chi connectivity index (χ0v) is 11.2. The van der Waals surface area contributed by atoms with Gasteiger partial charge in [0.2, 0.25) is 11.8 Å². The van der Waals surface area contributed by atoms with Crippen LogP contribution in [0.25, 0.3) is 0 Å². The average molecular weight is 282 g/mol. The van der Waals surface area contributed by atoms with E-state index >= 15 is 0 Å². The highest BCUT2D eigenvalue weighted by molar-refractivity contribution is 6.32. The van der Waals surface area contributed by atoms with Crippen molar-refractivity contribution in [3.8, 4) is 5.75 Å². The monoisotopic (exact) mass is 281 g/mol. The van der Waals surface area contributed by atoms with E-state index in [1.54, 1.807) is 25.1 Å². The predicted molar refractivity (Wildman–Crippen MR) is 69.4 cm³/mol. The Balaban J connectivity index is 2.00. The molecule has 0 aliphatic heterocycles. The molecule has 2 aromatic rings. The summed E-state index contributed by atoms with van der Waals surface area (Å²) in [6.45, 7) is 1.66. The quantitative estimate of drug-likeness (QED) is 0.930. The number of carbonyl (C=O) groups excluding carboxylic acids is 1. The smallest absolute Gasteiger partial charge is 0.232 e. The van der Waals surface area contributed by atoms with Crippen LogP contribution in [0.4, 0.5) is 5.69 Å². The Morgan fingerprint density at radius 2 is 2.32 bits per heavy atom. The summed E-state index contributed by atoms with van der Waals surface area (Å²) in [6.07, 6.45) is 0.0426. The first-order valence-corrected chi connectivity index (χ1v) is 5.89. The normalized spacial score (nSPS) is 10.3. The molecule has 19 heavy (non-hydrogen) atoms. The van der Waals surface area contributed by atoms with Gasteiger partial charge in [-0.1, -0.05) is 16.8 Å². The molecule has 0 spiro atoms. The van der Waals surface area contributed by atoms with Gasteiger partial charge in [0.05, 0.1) is 18.6 Å². The first-order chi connectivity index (χ1) is 9.08. The second-order valence-corrected chi connectivity index (χ2v) is 4.21. The minimum absolute atomic E-state index is 0.0426. The number of amides is 1. The molecule has 0 radical (unpaired) electrons. The lowest BCUT2D eigenvalue weighted by atomic mass is 10.3. The van der Waals surface area contributed by atoms with Gasteiger partial charge in [-0.15, -0.1) is 0 Å². The Labute approximate surface area is 114 Å². The number of aromatic nitrogens is 2. The Morgan fingerprint density at radius 1 is 1.53 bits per heavy atom. The molecule has 0 unspecified atom stereocenters. The number of rotatable bonds is 4. The molecule has 0 bridgehead atoms. The second kappa shape index (κ2) is 5.71. The zero-order valence-electron chi connectivity index (χ0n) is 10.4. The number of ether oxygens (including phenoxy) is 1. The zero-order chi connectivity index (χ0) is 13.8. The summed E-state index contributed by atoms with van der Waals surface area (Å²) in [7, 11) is 1.53. The van der Waals surface area contributed by atoms with E-state index < -0.39 is 0 Å². The van der Waals surface area contributed by atoms with E-state index in [-0.39, 0.29) is 12.3 Å². The molecule has 0 aliphatic rings. The van der Waals surface area contributed by atoms with Crippen molar-refractivity contribution in [2.75, 3.05) is 12.4 Å². The predicted octanol–water partition coefficient (Wildman–Crippen LogP) is 2.22. The van der Waals surface area contributed by atoms with Crippen molar-refractivity contribution in [1.29, 1.82) is 0 Å². The summed E-state index contributed by atoms with van der Waals surface area (Å²) in [5.41, 5.74) is 0.580. The number of hydrogen-bond acceptors (Lipinski definition) is 5. The fourth-order valence-electron chi connectivity index (χ4n) is 1.51. The molecule has 2 rings (SSSR count). The van der Waals surface area contributed by atoms with E-state index in [9.17, 15) is 4.79 Å². The highest BCUT2D eigenvalue weighted by Crippen LogP contribution is 2.27. The first-order valence-electron chi connectivity index (χ1n) is 5.51. The van der Waals surface area contributed by atoms with E-state index in [4.69, 9.17) is 20.9 Å². The van der Waals surface area contributed by atoms with Crippen LogP contribution in [0.1, 0.15) is 11.7 Å². The average Bonchev–Trinajstić information content (AvgIpc) is 2.74. The van der Waals surface area contributed by atoms with Gasteiger partial charge in [0, 0.05) is 12.6 Å². The fraction of sp³-hybridized carbons (Fsp3) is 0.250. The minimum atomic E-state index is -0.248. The maximum Gasteiger partial charge on any atom is 0.232 e. The molecule has 1 N–H and O–H groups in total. The molecule has 6 nitrogen and oxygen atoms in total. The number of anilines is 1. The number of benzene rings is 1. The largest absolute Gasteiger partial charge is 0.495 e. The SMILES string of the molecule is COc1ccc(NC(=O)Cc2noc(C)n2)cc1Cl. The van der Waals surface area contributed by atoms with Gasteiger partial charge >= 0.3 is 0 Å². The van der Waals surface area contributed by atoms with Crippen molar-refractivity contribution >= 4 is 23.2 Å². The number of hydrogen-bond donors (Lipinski definition) is 1. The van der Waals surface area contributed by atoms with Crippen LogP contribution in [0.15, 0.2) is 22.7 Å². The molecule has 0 saturated heterocycles. The summed E-state index contributed by atoms with van der Waals surface area (Å²) < 4.78 is 9.81. The Morgan fingerprint density at radius 3 is 2.89 bits per heavy atom. The number of methoxy groups -OCH3 is 1. The van der Waals surface area contributed by atoms with Gasteiger partial charge in [-0.05, 0) is 18.2 Å². The lowest BCUT2D eigenvalue weighted by Gasteiger charge is -2.07. The third-order valence-corrected chi connectivity index (χ3v) is 2.62. The Kier molecular flexibility index (Phi) is 4.01. The van der Waals surface area contributed by atoms with E-state index in [1.165, 1.54) is 7.11 Å². The molecule has 0 atom stereocenters. The lowest BCUT2D eigenvalue weighted by Crippen LogP contribution is -2.15. The highest BCUT2D eigenvalue weighted by atomic mass is 35.5. The van der Waals surface area contributed by atoms with Crippen LogP contribution in [-0.4, -0.2) is 23.2 Å². The van der Waals surface area contributed by atoms with Crippen LogP contribution in [0.3, 0.4) is 0 Å². The Bertz CT molecular complexity index is 598. The van der Waals surface area contributed by atoms with E-state index in [2.05, 4.69) is 15.5 Å². The van der Waals surface area contributed by atoms with Crippen LogP contribution in [0, 0.1) is 6.92 Å². The van der Waals surface area contributed by atoms with Crippen LogP contribution in [0.5, 0.6) is 5.75 Å². The van der Waals surface area contributed by atoms with Crippen molar-refractivity contribution in [2.24, 2.45) is 0 Å². The van der Waals surface area contributed by atoms with Crippen molar-refractivity contribution in [2.45, 2.75) is 13.3 Å². The molecule has 1 aromatic carbocycles. The fourth-order valence-corrected chi connectivity index (χ4v) is 1.76. The van der Waals surface area contributed by atoms with Crippen LogP contribution in [0.2, 0.25) is 5.02 Å². The number of aryl methyl sites for hydroxylation is 1. The van der Waals surface area contributed by atoms with Crippen molar-refractivity contribution in [3.63, 3.8) is 0 Å². The van der Waals surface area contributed by atoms with Crippen LogP contribution in [-0.2, 0) is 11.2 Å². The molecule has 1 aromatic heterocycles. The summed E-state index contributed by atoms with van der Waals surface area (Å²) >= 11 is 5.96. The first kappa shape index (κ1) is 13.4. The van der Waals surface area contributed by atoms with Gasteiger partial charge in [-0.2, -0.15) is 4.98 Å². The van der Waals surface area contributed by atoms with Crippen molar-refractivity contribution < 1.29 is 14.1 Å². The van der Waals surface area contributed by atoms with E-state index in [0.717, 1.165) is 0 Å². The van der Waals surface area contributed by atoms with E-state index in [0.29, 0.717) is 28.2 Å². The van der Waals surface area contributed by atoms with Gasteiger partial charge in [-0.25, -0.2) is 0 Å². The van der Waals surface area contributed by atoms with Gasteiger partial charge in [0.25, 0.3) is 0 Å². The lowest BCUT2D eigenvalue weighted by molar-refractivity contribution is -0.115. The molecule has 0 saturated carbocycles. The molecular weight excluding hydrogens is 270 g/mol. The maximum absolute atomic E-state index is 11.7. The van der Waals surface area contributed by atoms with Crippen molar-refractivity contribution in [1.82, 2.24) is 10.1 Å². The topological polar surface area (TPSA) is 77.2 Å². The molecule has 0 fully saturated rings. The standard InChI is InChI=1S/C12H12ClN3O3/c1-7-14-11(16-19-7)6-12(17)15-8-3-4-10(18-2)9(13)5-8/h3-5H,6H2,1-2H3,(H,15,17). The highest BCUT2D eigenvalue weighted by Gasteiger charge is 2.10. The molecule has 0 aliphatic carbocycles. The third-order valence-electron chi connectivity index (χ3n) is 2.32. The molecule has 7 heteroatoms. The van der Waals surface area contributed by atoms with Crippen LogP contribution < -0.4 is 10.1 Å². The third kappa shape index (κ3) is 3.45. The number of halogens is 1. The van der Waals surface area contributed by atoms with Gasteiger partial charge in [0.1, 0.15) is 5.75 Å². The summed E-state index contributed by atoms with van der Waals surface area (Å²) in [6, 6.07) is 4.99. The van der Waals surface area contributed by atoms with E-state index in [1.807, 2.05) is 0 Å². The second-order valence-electron chi connectivity index (χ2n) is 3.80. The maximum atomic E-state index is 11.7. The minimum Gasteiger partial charge on any atom is -0.495 e. The van der Waals surface area contributed by atoms with Gasteiger partial charge < -0.3 is 14.6 Å². The molecule has 1 amide bonds. The van der Waals surface area contributed by atoms with Gasteiger partial charge in [-0.3, -0.25) is 4.79 Å². The summed E-state index contributed by atoms with van der Waals surface area (Å²) in [5.74, 6) is 1.07. The molecular formula is C12H12ClN3O3. The number of nitrogens with zero attached hydrogens (tertiary/aromatic N) is 2. The summed E-state index contributed by atoms with van der Waals surface area (Å²) in [4.78, 5) is 15.7. The summed E-state index contributed by atoms with van der Waals surface area (Å²) in [5, 5.41) is 6.77. The Hall–Kier alpha value is -2.08.